The quantitative estimate of drug-likeness (QED) is 0.384. The monoisotopic (exact) mass is 196 g/mol. The van der Waals surface area contributed by atoms with Crippen LogP contribution in [0.15, 0.2) is 0 Å². The lowest BCUT2D eigenvalue weighted by atomic mass is 10.2. The number of carbonyl (C=O) groups excluding carboxylic acids is 1. The van der Waals surface area contributed by atoms with Gasteiger partial charge in [0.25, 0.3) is 0 Å². The third-order valence-corrected chi connectivity index (χ3v) is 1.85. The number of carbonyl (C=O) groups is 1. The molecule has 0 amide bonds. The van der Waals surface area contributed by atoms with E-state index >= 15 is 0 Å². The molecule has 0 aliphatic heterocycles. The predicted octanol–water partition coefficient (Wildman–Crippen LogP) is 2.91. The Morgan fingerprint density at radius 3 is 2.57 bits per heavy atom. The summed E-state index contributed by atoms with van der Waals surface area (Å²) in [5.74, 6) is 5.77. The smallest absolute Gasteiger partial charge is 0.303 e. The van der Waals surface area contributed by atoms with Gasteiger partial charge in [-0.15, -0.1) is 0 Å². The minimum atomic E-state index is -0.250. The molecule has 2 heteroatoms. The summed E-state index contributed by atoms with van der Waals surface area (Å²) in [5.41, 5.74) is 0. The van der Waals surface area contributed by atoms with E-state index in [9.17, 15) is 4.79 Å². The molecule has 0 saturated carbocycles. The number of ether oxygens (including phenoxy) is 1. The van der Waals surface area contributed by atoms with Crippen LogP contribution >= 0.6 is 0 Å². The fourth-order valence-corrected chi connectivity index (χ4v) is 1.06. The average Bonchev–Trinajstić information content (AvgIpc) is 2.15. The molecular formula is C12H20O2. The fraction of sp³-hybridized carbons (Fsp3) is 0.750. The molecular weight excluding hydrogens is 176 g/mol. The molecule has 0 rings (SSSR count). The van der Waals surface area contributed by atoms with Crippen LogP contribution in [0, 0.1) is 11.8 Å². The van der Waals surface area contributed by atoms with E-state index in [1.54, 1.807) is 0 Å². The van der Waals surface area contributed by atoms with Crippen LogP contribution < -0.4 is 0 Å². The summed E-state index contributed by atoms with van der Waals surface area (Å²) in [4.78, 5) is 10.7. The lowest BCUT2D eigenvalue weighted by Gasteiger charge is -2.06. The maximum Gasteiger partial charge on any atom is 0.303 e. The molecule has 0 saturated heterocycles. The first kappa shape index (κ1) is 13.0. The van der Waals surface area contributed by atoms with E-state index in [1.807, 2.05) is 6.92 Å². The second-order valence-electron chi connectivity index (χ2n) is 3.28. The predicted molar refractivity (Wildman–Crippen MR) is 57.8 cm³/mol. The zero-order valence-corrected chi connectivity index (χ0v) is 9.43. The Morgan fingerprint density at radius 1 is 1.36 bits per heavy atom. The van der Waals surface area contributed by atoms with Gasteiger partial charge in [-0.1, -0.05) is 38.5 Å². The van der Waals surface area contributed by atoms with Gasteiger partial charge in [-0.05, 0) is 12.8 Å². The van der Waals surface area contributed by atoms with E-state index in [4.69, 9.17) is 4.74 Å². The molecule has 0 aromatic rings. The highest BCUT2D eigenvalue weighted by atomic mass is 16.5. The zero-order chi connectivity index (χ0) is 10.8. The molecule has 0 fully saturated rings. The topological polar surface area (TPSA) is 26.3 Å². The van der Waals surface area contributed by atoms with Gasteiger partial charge in [0.1, 0.15) is 0 Å². The number of hydrogen-bond donors (Lipinski definition) is 0. The van der Waals surface area contributed by atoms with E-state index in [0.717, 1.165) is 19.3 Å². The molecule has 0 aromatic heterocycles. The van der Waals surface area contributed by atoms with Gasteiger partial charge in [0.15, 0.2) is 6.10 Å². The third kappa shape index (κ3) is 7.67. The van der Waals surface area contributed by atoms with Gasteiger partial charge in [-0.25, -0.2) is 0 Å². The van der Waals surface area contributed by atoms with E-state index in [0.29, 0.717) is 0 Å². The average molecular weight is 196 g/mol. The van der Waals surface area contributed by atoms with E-state index in [1.165, 1.54) is 19.8 Å². The number of esters is 1. The Morgan fingerprint density at radius 2 is 2.07 bits per heavy atom. The summed E-state index contributed by atoms with van der Waals surface area (Å²) in [5, 5.41) is 0. The first-order valence-electron chi connectivity index (χ1n) is 5.36. The van der Waals surface area contributed by atoms with Gasteiger partial charge in [0.05, 0.1) is 0 Å². The van der Waals surface area contributed by atoms with Crippen LogP contribution in [-0.2, 0) is 9.53 Å². The van der Waals surface area contributed by atoms with Crippen molar-refractivity contribution in [3.8, 4) is 11.8 Å². The zero-order valence-electron chi connectivity index (χ0n) is 9.43. The van der Waals surface area contributed by atoms with Gasteiger partial charge < -0.3 is 4.74 Å². The van der Waals surface area contributed by atoms with Crippen LogP contribution in [0.3, 0.4) is 0 Å². The van der Waals surface area contributed by atoms with Gasteiger partial charge in [-0.2, -0.15) is 0 Å². The summed E-state index contributed by atoms with van der Waals surface area (Å²) in [6.07, 6.45) is 5.03. The van der Waals surface area contributed by atoms with Crippen LogP contribution in [-0.4, -0.2) is 12.1 Å². The van der Waals surface area contributed by atoms with Crippen LogP contribution in [0.25, 0.3) is 0 Å². The van der Waals surface area contributed by atoms with E-state index in [-0.39, 0.29) is 12.1 Å². The minimum Gasteiger partial charge on any atom is -0.449 e. The highest BCUT2D eigenvalue weighted by Gasteiger charge is 2.03. The Bertz CT molecular complexity index is 210. The third-order valence-electron chi connectivity index (χ3n) is 1.85. The van der Waals surface area contributed by atoms with Crippen LogP contribution in [0.5, 0.6) is 0 Å². The number of unbranched alkanes of at least 4 members (excludes halogenated alkanes) is 3. The molecule has 0 aliphatic carbocycles. The molecule has 1 atom stereocenters. The van der Waals surface area contributed by atoms with Crippen molar-refractivity contribution in [2.24, 2.45) is 0 Å². The lowest BCUT2D eigenvalue weighted by molar-refractivity contribution is -0.143. The molecule has 1 unspecified atom stereocenters. The molecule has 0 aromatic carbocycles. The van der Waals surface area contributed by atoms with Crippen molar-refractivity contribution >= 4 is 5.97 Å². The van der Waals surface area contributed by atoms with Crippen molar-refractivity contribution in [3.05, 3.63) is 0 Å². The highest BCUT2D eigenvalue weighted by molar-refractivity contribution is 5.66. The van der Waals surface area contributed by atoms with Gasteiger partial charge in [0, 0.05) is 13.3 Å². The van der Waals surface area contributed by atoms with Crippen molar-refractivity contribution in [2.45, 2.75) is 59.0 Å². The second kappa shape index (κ2) is 8.62. The second-order valence-corrected chi connectivity index (χ2v) is 3.28. The molecule has 0 radical (unpaired) electrons. The van der Waals surface area contributed by atoms with Crippen molar-refractivity contribution < 1.29 is 9.53 Å². The summed E-state index contributed by atoms with van der Waals surface area (Å²) >= 11 is 0. The lowest BCUT2D eigenvalue weighted by Crippen LogP contribution is -2.12. The largest absolute Gasteiger partial charge is 0.449 e. The van der Waals surface area contributed by atoms with Gasteiger partial charge >= 0.3 is 5.97 Å². The Balaban J connectivity index is 3.73. The maximum absolute atomic E-state index is 10.7. The van der Waals surface area contributed by atoms with Crippen LogP contribution in [0.1, 0.15) is 52.9 Å². The molecule has 0 N–H and O–H groups in total. The van der Waals surface area contributed by atoms with Crippen molar-refractivity contribution in [3.63, 3.8) is 0 Å². The Kier molecular flexibility index (Phi) is 8.02. The molecule has 14 heavy (non-hydrogen) atoms. The summed E-state index contributed by atoms with van der Waals surface area (Å²) < 4.78 is 4.99. The molecule has 2 nitrogen and oxygen atoms in total. The first-order chi connectivity index (χ1) is 6.70. The normalized spacial score (nSPS) is 11.4. The highest BCUT2D eigenvalue weighted by Crippen LogP contribution is 1.99. The molecule has 0 spiro atoms. The summed E-state index contributed by atoms with van der Waals surface area (Å²) in [6.45, 7) is 5.55. The summed E-state index contributed by atoms with van der Waals surface area (Å²) in [7, 11) is 0. The Hall–Kier alpha value is -0.970. The minimum absolute atomic E-state index is 0.214. The van der Waals surface area contributed by atoms with E-state index < -0.39 is 0 Å². The van der Waals surface area contributed by atoms with Crippen molar-refractivity contribution in [1.29, 1.82) is 0 Å². The molecule has 0 heterocycles. The SMILES string of the molecule is CCCCCC#CC(CC)OC(C)=O. The van der Waals surface area contributed by atoms with E-state index in [2.05, 4.69) is 18.8 Å². The van der Waals surface area contributed by atoms with Gasteiger partial charge in [-0.3, -0.25) is 4.79 Å². The number of hydrogen-bond acceptors (Lipinski definition) is 2. The van der Waals surface area contributed by atoms with Gasteiger partial charge in [0.2, 0.25) is 0 Å². The van der Waals surface area contributed by atoms with Crippen molar-refractivity contribution in [1.82, 2.24) is 0 Å². The van der Waals surface area contributed by atoms with Crippen molar-refractivity contribution in [2.75, 3.05) is 0 Å². The maximum atomic E-state index is 10.7. The molecule has 0 bridgehead atoms. The summed E-state index contributed by atoms with van der Waals surface area (Å²) in [6, 6.07) is 0. The molecule has 0 aliphatic rings. The molecule has 80 valence electrons. The first-order valence-corrected chi connectivity index (χ1v) is 5.36. The van der Waals surface area contributed by atoms with Crippen LogP contribution in [0.4, 0.5) is 0 Å². The number of rotatable bonds is 5. The standard InChI is InChI=1S/C12H20O2/c1-4-6-7-8-9-10-12(5-2)14-11(3)13/h12H,4-8H2,1-3H3. The fourth-order valence-electron chi connectivity index (χ4n) is 1.06. The Labute approximate surface area is 87.0 Å². The van der Waals surface area contributed by atoms with Crippen LogP contribution in [0.2, 0.25) is 0 Å².